The molecule has 1 aliphatic carbocycles. The predicted octanol–water partition coefficient (Wildman–Crippen LogP) is 1.58. The molecule has 2 saturated heterocycles. The van der Waals surface area contributed by atoms with Gasteiger partial charge in [-0.2, -0.15) is 0 Å². The summed E-state index contributed by atoms with van der Waals surface area (Å²) in [6.07, 6.45) is 3.13. The van der Waals surface area contributed by atoms with Gasteiger partial charge < -0.3 is 14.4 Å². The molecule has 0 aromatic heterocycles. The van der Waals surface area contributed by atoms with Gasteiger partial charge in [-0.25, -0.2) is 0 Å². The highest BCUT2D eigenvalue weighted by atomic mass is 16.6. The minimum atomic E-state index is -0.255. The molecule has 0 N–H and O–H groups in total. The first-order chi connectivity index (χ1) is 8.39. The Kier molecular flexibility index (Phi) is 2.72. The summed E-state index contributed by atoms with van der Waals surface area (Å²) in [5, 5.41) is 0. The van der Waals surface area contributed by atoms with E-state index in [1.807, 2.05) is 4.90 Å². The van der Waals surface area contributed by atoms with Gasteiger partial charge in [0, 0.05) is 13.0 Å². The summed E-state index contributed by atoms with van der Waals surface area (Å²) in [6.45, 7) is 8.26. The summed E-state index contributed by atoms with van der Waals surface area (Å²) in [7, 11) is 0. The molecule has 2 heterocycles. The van der Waals surface area contributed by atoms with Gasteiger partial charge in [-0.3, -0.25) is 4.79 Å². The topological polar surface area (TPSA) is 38.8 Å². The van der Waals surface area contributed by atoms with Gasteiger partial charge in [-0.1, -0.05) is 6.92 Å². The van der Waals surface area contributed by atoms with Crippen molar-refractivity contribution in [2.45, 2.75) is 57.8 Å². The minimum Gasteiger partial charge on any atom is -0.376 e. The van der Waals surface area contributed by atoms with Crippen LogP contribution in [-0.2, 0) is 14.3 Å². The Labute approximate surface area is 109 Å². The third-order valence-corrected chi connectivity index (χ3v) is 4.42. The third kappa shape index (κ3) is 2.28. The molecule has 3 rings (SSSR count). The Hall–Kier alpha value is -0.610. The van der Waals surface area contributed by atoms with Crippen molar-refractivity contribution in [3.63, 3.8) is 0 Å². The van der Waals surface area contributed by atoms with E-state index in [1.165, 1.54) is 12.8 Å². The predicted molar refractivity (Wildman–Crippen MR) is 67.2 cm³/mol. The van der Waals surface area contributed by atoms with Crippen LogP contribution in [0.2, 0.25) is 0 Å². The van der Waals surface area contributed by atoms with Gasteiger partial charge in [0.2, 0.25) is 5.91 Å². The molecule has 18 heavy (non-hydrogen) atoms. The molecule has 0 radical (unpaired) electrons. The Morgan fingerprint density at radius 3 is 2.67 bits per heavy atom. The molecule has 0 spiro atoms. The second-order valence-electron chi connectivity index (χ2n) is 7.03. The maximum absolute atomic E-state index is 12.5. The maximum Gasteiger partial charge on any atom is 0.223 e. The summed E-state index contributed by atoms with van der Waals surface area (Å²) in [5.41, 5.74) is 0.0173. The summed E-state index contributed by atoms with van der Waals surface area (Å²) >= 11 is 0. The fourth-order valence-corrected chi connectivity index (χ4v) is 3.03. The lowest BCUT2D eigenvalue weighted by Crippen LogP contribution is -2.60. The molecular formula is C14H23NO3. The number of fused-ring (bicyclic) bond motifs is 1. The van der Waals surface area contributed by atoms with E-state index in [2.05, 4.69) is 20.8 Å². The van der Waals surface area contributed by atoms with E-state index in [9.17, 15) is 4.79 Å². The molecule has 0 unspecified atom stereocenters. The smallest absolute Gasteiger partial charge is 0.223 e. The molecular weight excluding hydrogens is 230 g/mol. The van der Waals surface area contributed by atoms with Crippen LogP contribution >= 0.6 is 0 Å². The average molecular weight is 253 g/mol. The van der Waals surface area contributed by atoms with E-state index >= 15 is 0 Å². The third-order valence-electron chi connectivity index (χ3n) is 4.42. The zero-order valence-corrected chi connectivity index (χ0v) is 11.6. The van der Waals surface area contributed by atoms with Gasteiger partial charge in [-0.05, 0) is 32.1 Å². The van der Waals surface area contributed by atoms with Crippen molar-refractivity contribution in [2.75, 3.05) is 19.8 Å². The number of amides is 1. The van der Waals surface area contributed by atoms with Crippen molar-refractivity contribution in [3.8, 4) is 0 Å². The highest BCUT2D eigenvalue weighted by molar-refractivity contribution is 5.78. The molecule has 0 bridgehead atoms. The van der Waals surface area contributed by atoms with Crippen LogP contribution in [0, 0.1) is 5.41 Å². The van der Waals surface area contributed by atoms with Crippen LogP contribution in [0.3, 0.4) is 0 Å². The molecule has 0 aromatic rings. The zero-order chi connectivity index (χ0) is 13.0. The summed E-state index contributed by atoms with van der Waals surface area (Å²) in [5.74, 6) is 0.284. The standard InChI is InChI=1S/C14H23NO3/c1-13(2)9-15(10-7-17-8-11(10)18-13)12(16)6-14(3)4-5-14/h10-11H,4-9H2,1-3H3/t10-,11-/m1/s1. The number of hydrogen-bond acceptors (Lipinski definition) is 3. The van der Waals surface area contributed by atoms with Crippen molar-refractivity contribution >= 4 is 5.91 Å². The van der Waals surface area contributed by atoms with Gasteiger partial charge in [0.1, 0.15) is 6.10 Å². The normalized spacial score (nSPS) is 36.3. The van der Waals surface area contributed by atoms with Crippen LogP contribution in [0.4, 0.5) is 0 Å². The van der Waals surface area contributed by atoms with Gasteiger partial charge in [0.15, 0.2) is 0 Å². The maximum atomic E-state index is 12.5. The highest BCUT2D eigenvalue weighted by Gasteiger charge is 2.48. The van der Waals surface area contributed by atoms with E-state index in [0.29, 0.717) is 26.2 Å². The first-order valence-electron chi connectivity index (χ1n) is 6.94. The number of nitrogens with zero attached hydrogens (tertiary/aromatic N) is 1. The zero-order valence-electron chi connectivity index (χ0n) is 11.6. The van der Waals surface area contributed by atoms with E-state index in [0.717, 1.165) is 0 Å². The Balaban J connectivity index is 1.73. The van der Waals surface area contributed by atoms with Crippen molar-refractivity contribution in [1.29, 1.82) is 0 Å². The molecule has 4 nitrogen and oxygen atoms in total. The summed E-state index contributed by atoms with van der Waals surface area (Å²) in [6, 6.07) is 0.132. The molecule has 0 aromatic carbocycles. The molecule has 3 aliphatic rings. The van der Waals surface area contributed by atoms with Gasteiger partial charge in [0.05, 0.1) is 24.9 Å². The Morgan fingerprint density at radius 2 is 2.00 bits per heavy atom. The Morgan fingerprint density at radius 1 is 1.28 bits per heavy atom. The fraction of sp³-hybridized carbons (Fsp3) is 0.929. The molecule has 102 valence electrons. The molecule has 4 heteroatoms. The van der Waals surface area contributed by atoms with Crippen LogP contribution in [0.5, 0.6) is 0 Å². The van der Waals surface area contributed by atoms with Crippen molar-refractivity contribution in [2.24, 2.45) is 5.41 Å². The first kappa shape index (κ1) is 12.4. The second kappa shape index (κ2) is 3.94. The lowest BCUT2D eigenvalue weighted by atomic mass is 9.98. The molecule has 1 amide bonds. The van der Waals surface area contributed by atoms with Gasteiger partial charge >= 0.3 is 0 Å². The first-order valence-corrected chi connectivity index (χ1v) is 6.94. The number of ether oxygens (including phenoxy) is 2. The fourth-order valence-electron chi connectivity index (χ4n) is 3.03. The quantitative estimate of drug-likeness (QED) is 0.750. The molecule has 2 atom stereocenters. The van der Waals surface area contributed by atoms with Crippen LogP contribution in [0.1, 0.15) is 40.0 Å². The van der Waals surface area contributed by atoms with Crippen LogP contribution in [-0.4, -0.2) is 48.3 Å². The highest BCUT2D eigenvalue weighted by Crippen LogP contribution is 2.48. The van der Waals surface area contributed by atoms with Crippen LogP contribution in [0.15, 0.2) is 0 Å². The number of hydrogen-bond donors (Lipinski definition) is 0. The van der Waals surface area contributed by atoms with E-state index < -0.39 is 0 Å². The minimum absolute atomic E-state index is 0.0599. The molecule has 2 aliphatic heterocycles. The Bertz CT molecular complexity index is 362. The number of carbonyl (C=O) groups is 1. The monoisotopic (exact) mass is 253 g/mol. The molecule has 1 saturated carbocycles. The van der Waals surface area contributed by atoms with Crippen LogP contribution in [0.25, 0.3) is 0 Å². The summed E-state index contributed by atoms with van der Waals surface area (Å²) in [4.78, 5) is 14.5. The lowest BCUT2D eigenvalue weighted by molar-refractivity contribution is -0.169. The van der Waals surface area contributed by atoms with Crippen molar-refractivity contribution in [3.05, 3.63) is 0 Å². The number of carbonyl (C=O) groups excluding carboxylic acids is 1. The van der Waals surface area contributed by atoms with Gasteiger partial charge in [0.25, 0.3) is 0 Å². The van der Waals surface area contributed by atoms with Gasteiger partial charge in [-0.15, -0.1) is 0 Å². The van der Waals surface area contributed by atoms with Crippen molar-refractivity contribution < 1.29 is 14.3 Å². The number of morpholine rings is 1. The van der Waals surface area contributed by atoms with E-state index in [4.69, 9.17) is 9.47 Å². The SMILES string of the molecule is CC1(CC(=O)N2CC(C)(C)O[C@@H]3COC[C@H]32)CC1. The largest absolute Gasteiger partial charge is 0.376 e. The van der Waals surface area contributed by atoms with Crippen LogP contribution < -0.4 is 0 Å². The summed E-state index contributed by atoms with van der Waals surface area (Å²) < 4.78 is 11.5. The second-order valence-corrected chi connectivity index (χ2v) is 7.03. The van der Waals surface area contributed by atoms with E-state index in [-0.39, 0.29) is 29.1 Å². The average Bonchev–Trinajstić information content (AvgIpc) is 2.81. The van der Waals surface area contributed by atoms with E-state index in [1.54, 1.807) is 0 Å². The lowest BCUT2D eigenvalue weighted by Gasteiger charge is -2.45. The number of rotatable bonds is 2. The molecule has 3 fully saturated rings. The van der Waals surface area contributed by atoms with Crippen molar-refractivity contribution in [1.82, 2.24) is 4.90 Å².